The fourth-order valence-corrected chi connectivity index (χ4v) is 4.14. The Morgan fingerprint density at radius 3 is 2.30 bits per heavy atom. The van der Waals surface area contributed by atoms with Crippen LogP contribution in [0, 0.1) is 0 Å². The highest BCUT2D eigenvalue weighted by molar-refractivity contribution is 6.43. The van der Waals surface area contributed by atoms with Gasteiger partial charge >= 0.3 is 0 Å². The van der Waals surface area contributed by atoms with Gasteiger partial charge in [-0.1, -0.05) is 53.5 Å². The van der Waals surface area contributed by atoms with Gasteiger partial charge in [-0.15, -0.1) is 0 Å². The molecule has 30 heavy (non-hydrogen) atoms. The molecule has 2 atom stereocenters. The van der Waals surface area contributed by atoms with E-state index in [1.54, 1.807) is 0 Å². The van der Waals surface area contributed by atoms with Crippen molar-refractivity contribution in [3.05, 3.63) is 69.2 Å². The van der Waals surface area contributed by atoms with Crippen molar-refractivity contribution in [2.24, 2.45) is 0 Å². The van der Waals surface area contributed by atoms with Crippen molar-refractivity contribution in [1.29, 1.82) is 0 Å². The summed E-state index contributed by atoms with van der Waals surface area (Å²) in [5.74, 6) is -1.51. The molecule has 156 valence electrons. The van der Waals surface area contributed by atoms with Gasteiger partial charge in [-0.25, -0.2) is 0 Å². The average molecular weight is 447 g/mol. The number of carbonyl (C=O) groups is 3. The third kappa shape index (κ3) is 4.08. The highest BCUT2D eigenvalue weighted by Crippen LogP contribution is 2.33. The lowest BCUT2D eigenvalue weighted by molar-refractivity contribution is -0.125. The van der Waals surface area contributed by atoms with Crippen molar-refractivity contribution < 1.29 is 19.1 Å². The van der Waals surface area contributed by atoms with Gasteiger partial charge in [-0.05, 0) is 30.5 Å². The lowest BCUT2D eigenvalue weighted by Crippen LogP contribution is -2.51. The van der Waals surface area contributed by atoms with Crippen molar-refractivity contribution in [3.8, 4) is 0 Å². The second kappa shape index (κ2) is 8.76. The predicted octanol–water partition coefficient (Wildman–Crippen LogP) is 3.50. The highest BCUT2D eigenvalue weighted by Gasteiger charge is 2.43. The number of nitrogens with one attached hydrogen (secondary N) is 1. The maximum atomic E-state index is 13.1. The summed E-state index contributed by atoms with van der Waals surface area (Å²) in [6.45, 7) is 1.01. The molecule has 0 radical (unpaired) electrons. The Kier molecular flexibility index (Phi) is 6.09. The topological polar surface area (TPSA) is 75.7 Å². The minimum atomic E-state index is -1.00. The Morgan fingerprint density at radius 1 is 1.10 bits per heavy atom. The first kappa shape index (κ1) is 20.8. The van der Waals surface area contributed by atoms with E-state index in [1.807, 2.05) is 30.3 Å². The molecule has 4 rings (SSSR count). The van der Waals surface area contributed by atoms with E-state index in [0.717, 1.165) is 23.3 Å². The third-order valence-corrected chi connectivity index (χ3v) is 6.10. The standard InChI is InChI=1S/C22H20Cl2N2O4/c23-17-10-15-16(11-18(17)24)22(29)26(21(15)28)19(9-13-5-2-1-3-6-13)20(27)25-12-14-7-4-8-30-14/h1-3,5-6,10-11,14,19H,4,7-9,12H2,(H,25,27)/t14-,19+/m1/s1. The molecule has 2 aromatic carbocycles. The van der Waals surface area contributed by atoms with E-state index >= 15 is 0 Å². The van der Waals surface area contributed by atoms with Crippen LogP contribution in [-0.2, 0) is 16.0 Å². The van der Waals surface area contributed by atoms with E-state index in [2.05, 4.69) is 5.32 Å². The van der Waals surface area contributed by atoms with Crippen molar-refractivity contribution in [1.82, 2.24) is 10.2 Å². The molecule has 1 fully saturated rings. The van der Waals surface area contributed by atoms with E-state index < -0.39 is 23.8 Å². The zero-order chi connectivity index (χ0) is 21.3. The summed E-state index contributed by atoms with van der Waals surface area (Å²) in [6.07, 6.45) is 1.97. The normalized spacial score (nSPS) is 19.1. The number of ether oxygens (including phenoxy) is 1. The Labute approximate surface area is 184 Å². The highest BCUT2D eigenvalue weighted by atomic mass is 35.5. The Morgan fingerprint density at radius 2 is 1.73 bits per heavy atom. The number of amides is 3. The molecule has 0 spiro atoms. The molecule has 1 saturated heterocycles. The van der Waals surface area contributed by atoms with Crippen LogP contribution in [0.5, 0.6) is 0 Å². The van der Waals surface area contributed by atoms with E-state index in [4.69, 9.17) is 27.9 Å². The van der Waals surface area contributed by atoms with Gasteiger partial charge in [0.1, 0.15) is 6.04 Å². The Balaban J connectivity index is 1.62. The molecule has 2 aromatic rings. The van der Waals surface area contributed by atoms with Gasteiger partial charge in [0.2, 0.25) is 5.91 Å². The lowest BCUT2D eigenvalue weighted by atomic mass is 10.0. The van der Waals surface area contributed by atoms with Gasteiger partial charge in [0.15, 0.2) is 0 Å². The number of carbonyl (C=O) groups excluding carboxylic acids is 3. The molecule has 0 bridgehead atoms. The summed E-state index contributed by atoms with van der Waals surface area (Å²) >= 11 is 12.1. The van der Waals surface area contributed by atoms with E-state index in [1.165, 1.54) is 12.1 Å². The molecular formula is C22H20Cl2N2O4. The second-order valence-electron chi connectivity index (χ2n) is 7.38. The summed E-state index contributed by atoms with van der Waals surface area (Å²) in [5.41, 5.74) is 1.14. The number of hydrogen-bond donors (Lipinski definition) is 1. The van der Waals surface area contributed by atoms with Crippen LogP contribution in [0.15, 0.2) is 42.5 Å². The van der Waals surface area contributed by atoms with Crippen LogP contribution in [0.25, 0.3) is 0 Å². The molecule has 0 aliphatic carbocycles. The van der Waals surface area contributed by atoms with Crippen LogP contribution in [-0.4, -0.2) is 47.9 Å². The minimum absolute atomic E-state index is 0.0499. The maximum Gasteiger partial charge on any atom is 0.262 e. The molecule has 2 aliphatic heterocycles. The lowest BCUT2D eigenvalue weighted by Gasteiger charge is -2.26. The number of fused-ring (bicyclic) bond motifs is 1. The van der Waals surface area contributed by atoms with Gasteiger partial charge in [0, 0.05) is 19.6 Å². The van der Waals surface area contributed by atoms with Crippen molar-refractivity contribution in [2.45, 2.75) is 31.4 Å². The zero-order valence-electron chi connectivity index (χ0n) is 16.1. The smallest absolute Gasteiger partial charge is 0.262 e. The zero-order valence-corrected chi connectivity index (χ0v) is 17.6. The first-order valence-electron chi connectivity index (χ1n) is 9.76. The Bertz CT molecular complexity index is 949. The molecule has 8 heteroatoms. The number of benzene rings is 2. The van der Waals surface area contributed by atoms with Gasteiger partial charge in [0.25, 0.3) is 11.8 Å². The van der Waals surface area contributed by atoms with Crippen LogP contribution in [0.2, 0.25) is 10.0 Å². The van der Waals surface area contributed by atoms with Crippen molar-refractivity contribution >= 4 is 40.9 Å². The molecule has 0 aromatic heterocycles. The first-order chi connectivity index (χ1) is 14.5. The van der Waals surface area contributed by atoms with Crippen LogP contribution in [0.3, 0.4) is 0 Å². The summed E-state index contributed by atoms with van der Waals surface area (Å²) < 4.78 is 5.55. The summed E-state index contributed by atoms with van der Waals surface area (Å²) in [7, 11) is 0. The number of halogens is 2. The quantitative estimate of drug-likeness (QED) is 0.688. The molecular weight excluding hydrogens is 427 g/mol. The summed E-state index contributed by atoms with van der Waals surface area (Å²) in [6, 6.07) is 11.0. The van der Waals surface area contributed by atoms with E-state index in [-0.39, 0.29) is 33.7 Å². The van der Waals surface area contributed by atoms with Crippen molar-refractivity contribution in [3.63, 3.8) is 0 Å². The molecule has 2 heterocycles. The molecule has 3 amide bonds. The van der Waals surface area contributed by atoms with Crippen LogP contribution in [0.4, 0.5) is 0 Å². The second-order valence-corrected chi connectivity index (χ2v) is 8.19. The number of imide groups is 1. The minimum Gasteiger partial charge on any atom is -0.376 e. The summed E-state index contributed by atoms with van der Waals surface area (Å²) in [4.78, 5) is 40.2. The van der Waals surface area contributed by atoms with Crippen LogP contribution < -0.4 is 5.32 Å². The van der Waals surface area contributed by atoms with Crippen molar-refractivity contribution in [2.75, 3.05) is 13.2 Å². The van der Waals surface area contributed by atoms with Gasteiger partial charge < -0.3 is 10.1 Å². The molecule has 2 aliphatic rings. The fourth-order valence-electron chi connectivity index (χ4n) is 3.81. The SMILES string of the molecule is O=C(NC[C@H]1CCCO1)[C@H](Cc1ccccc1)N1C(=O)c2cc(Cl)c(Cl)cc2C1=O. The maximum absolute atomic E-state index is 13.1. The van der Waals surface area contributed by atoms with Gasteiger partial charge in [-0.2, -0.15) is 0 Å². The average Bonchev–Trinajstić information content (AvgIpc) is 3.34. The van der Waals surface area contributed by atoms with Gasteiger partial charge in [-0.3, -0.25) is 19.3 Å². The first-order valence-corrected chi connectivity index (χ1v) is 10.5. The third-order valence-electron chi connectivity index (χ3n) is 5.37. The van der Waals surface area contributed by atoms with E-state index in [0.29, 0.717) is 13.2 Å². The molecule has 1 N–H and O–H groups in total. The molecule has 0 unspecified atom stereocenters. The number of hydrogen-bond acceptors (Lipinski definition) is 4. The number of nitrogens with zero attached hydrogens (tertiary/aromatic N) is 1. The van der Waals surface area contributed by atoms with Crippen LogP contribution >= 0.6 is 23.2 Å². The Hall–Kier alpha value is -2.41. The monoisotopic (exact) mass is 446 g/mol. The fraction of sp³-hybridized carbons (Fsp3) is 0.318. The molecule has 6 nitrogen and oxygen atoms in total. The van der Waals surface area contributed by atoms with E-state index in [9.17, 15) is 14.4 Å². The molecule has 0 saturated carbocycles. The predicted molar refractivity (Wildman–Crippen MR) is 113 cm³/mol. The van der Waals surface area contributed by atoms with Crippen LogP contribution in [0.1, 0.15) is 39.1 Å². The summed E-state index contributed by atoms with van der Waals surface area (Å²) in [5, 5.41) is 3.21. The number of rotatable bonds is 6. The largest absolute Gasteiger partial charge is 0.376 e. The van der Waals surface area contributed by atoms with Gasteiger partial charge in [0.05, 0.1) is 27.3 Å².